The molecule has 0 aliphatic carbocycles. The average Bonchev–Trinajstić information content (AvgIpc) is 2.35. The van der Waals surface area contributed by atoms with Gasteiger partial charge in [0, 0.05) is 10.9 Å². The zero-order chi connectivity index (χ0) is 13.9. The van der Waals surface area contributed by atoms with Crippen LogP contribution in [0, 0.1) is 11.3 Å². The van der Waals surface area contributed by atoms with E-state index in [1.54, 1.807) is 6.07 Å². The summed E-state index contributed by atoms with van der Waals surface area (Å²) in [6.45, 7) is 0. The molecular formula is C11H9BrF3NO2. The van der Waals surface area contributed by atoms with E-state index in [4.69, 9.17) is 5.26 Å². The van der Waals surface area contributed by atoms with E-state index in [2.05, 4.69) is 15.9 Å². The summed E-state index contributed by atoms with van der Waals surface area (Å²) in [6.07, 6.45) is -7.41. The Kier molecular flexibility index (Phi) is 4.73. The minimum Gasteiger partial charge on any atom is -0.389 e. The molecule has 2 N–H and O–H groups in total. The van der Waals surface area contributed by atoms with Crippen molar-refractivity contribution in [1.82, 2.24) is 0 Å². The van der Waals surface area contributed by atoms with Crippen molar-refractivity contribution in [1.29, 1.82) is 5.26 Å². The molecule has 0 amide bonds. The molecule has 2 unspecified atom stereocenters. The third kappa shape index (κ3) is 3.22. The first kappa shape index (κ1) is 15.0. The first-order valence-electron chi connectivity index (χ1n) is 4.84. The number of aliphatic hydroxyl groups is 2. The van der Waals surface area contributed by atoms with Crippen molar-refractivity contribution in [2.24, 2.45) is 0 Å². The largest absolute Gasteiger partial charge is 0.416 e. The summed E-state index contributed by atoms with van der Waals surface area (Å²) in [4.78, 5) is 0. The van der Waals surface area contributed by atoms with Crippen molar-refractivity contribution in [3.63, 3.8) is 0 Å². The zero-order valence-electron chi connectivity index (χ0n) is 8.95. The Morgan fingerprint density at radius 2 is 1.94 bits per heavy atom. The fraction of sp³-hybridized carbons (Fsp3) is 0.364. The molecule has 0 aliphatic rings. The number of nitriles is 1. The third-order valence-corrected chi connectivity index (χ3v) is 3.00. The molecule has 0 saturated carbocycles. The molecule has 1 aromatic carbocycles. The van der Waals surface area contributed by atoms with Crippen LogP contribution in [0.4, 0.5) is 13.2 Å². The predicted octanol–water partition coefficient (Wildman–Crippen LogP) is 2.37. The number of nitrogens with zero attached hydrogens (tertiary/aromatic N) is 1. The Morgan fingerprint density at radius 1 is 1.33 bits per heavy atom. The standard InChI is InChI=1S/C11H9BrF3NO2/c12-4-9(17)10(18)8-3-7(11(13,14)15)2-1-6(8)5-16/h1-3,9-10,17-18H,4H2. The number of alkyl halides is 4. The van der Waals surface area contributed by atoms with Gasteiger partial charge in [0.15, 0.2) is 0 Å². The molecule has 1 rings (SSSR count). The normalized spacial score (nSPS) is 14.9. The van der Waals surface area contributed by atoms with E-state index in [0.717, 1.165) is 12.1 Å². The Hall–Kier alpha value is -1.10. The average molecular weight is 324 g/mol. The van der Waals surface area contributed by atoms with Crippen molar-refractivity contribution >= 4 is 15.9 Å². The van der Waals surface area contributed by atoms with E-state index >= 15 is 0 Å². The Balaban J connectivity index is 3.28. The van der Waals surface area contributed by atoms with Crippen LogP contribution in [0.1, 0.15) is 22.8 Å². The van der Waals surface area contributed by atoms with E-state index < -0.39 is 23.9 Å². The maximum absolute atomic E-state index is 12.5. The molecule has 2 atom stereocenters. The maximum Gasteiger partial charge on any atom is 0.416 e. The quantitative estimate of drug-likeness (QED) is 0.839. The van der Waals surface area contributed by atoms with Crippen molar-refractivity contribution in [3.8, 4) is 6.07 Å². The van der Waals surface area contributed by atoms with Crippen molar-refractivity contribution in [3.05, 3.63) is 34.9 Å². The summed E-state index contributed by atoms with van der Waals surface area (Å²) >= 11 is 2.90. The number of benzene rings is 1. The predicted molar refractivity (Wildman–Crippen MR) is 60.9 cm³/mol. The molecule has 0 aromatic heterocycles. The van der Waals surface area contributed by atoms with E-state index in [0.29, 0.717) is 6.07 Å². The second-order valence-corrected chi connectivity index (χ2v) is 4.23. The van der Waals surface area contributed by atoms with Crippen LogP contribution in [0.3, 0.4) is 0 Å². The van der Waals surface area contributed by atoms with Crippen LogP contribution in [0.25, 0.3) is 0 Å². The van der Waals surface area contributed by atoms with Gasteiger partial charge in [0.1, 0.15) is 6.10 Å². The fourth-order valence-corrected chi connectivity index (χ4v) is 1.73. The van der Waals surface area contributed by atoms with Crippen LogP contribution in [0.2, 0.25) is 0 Å². The second-order valence-electron chi connectivity index (χ2n) is 3.58. The number of rotatable bonds is 3. The first-order chi connectivity index (χ1) is 8.31. The smallest absolute Gasteiger partial charge is 0.389 e. The van der Waals surface area contributed by atoms with Gasteiger partial charge in [-0.2, -0.15) is 18.4 Å². The highest BCUT2D eigenvalue weighted by atomic mass is 79.9. The van der Waals surface area contributed by atoms with Gasteiger partial charge in [-0.05, 0) is 18.2 Å². The molecule has 0 heterocycles. The monoisotopic (exact) mass is 323 g/mol. The second kappa shape index (κ2) is 5.69. The molecule has 18 heavy (non-hydrogen) atoms. The van der Waals surface area contributed by atoms with Gasteiger partial charge in [0.25, 0.3) is 0 Å². The van der Waals surface area contributed by atoms with Crippen LogP contribution in [-0.4, -0.2) is 21.6 Å². The molecule has 0 fully saturated rings. The van der Waals surface area contributed by atoms with E-state index in [9.17, 15) is 23.4 Å². The summed E-state index contributed by atoms with van der Waals surface area (Å²) < 4.78 is 37.5. The van der Waals surface area contributed by atoms with E-state index in [1.165, 1.54) is 0 Å². The van der Waals surface area contributed by atoms with E-state index in [-0.39, 0.29) is 16.5 Å². The molecular weight excluding hydrogens is 315 g/mol. The summed E-state index contributed by atoms with van der Waals surface area (Å²) in [6, 6.07) is 4.09. The van der Waals surface area contributed by atoms with Gasteiger partial charge in [-0.15, -0.1) is 0 Å². The third-order valence-electron chi connectivity index (χ3n) is 2.34. The summed E-state index contributed by atoms with van der Waals surface area (Å²) in [5.74, 6) is 0. The Labute approximate surface area is 110 Å². The number of hydrogen-bond acceptors (Lipinski definition) is 3. The minimum absolute atomic E-state index is 0.0186. The zero-order valence-corrected chi connectivity index (χ0v) is 10.5. The molecule has 1 aromatic rings. The SMILES string of the molecule is N#Cc1ccc(C(F)(F)F)cc1C(O)C(O)CBr. The molecule has 7 heteroatoms. The minimum atomic E-state index is -4.57. The molecule has 0 saturated heterocycles. The van der Waals surface area contributed by atoms with Crippen LogP contribution >= 0.6 is 15.9 Å². The van der Waals surface area contributed by atoms with Crippen LogP contribution in [0.5, 0.6) is 0 Å². The topological polar surface area (TPSA) is 64.2 Å². The molecule has 0 spiro atoms. The molecule has 0 radical (unpaired) electrons. The Bertz CT molecular complexity index is 470. The summed E-state index contributed by atoms with van der Waals surface area (Å²) in [7, 11) is 0. The highest BCUT2D eigenvalue weighted by Gasteiger charge is 2.32. The number of aliphatic hydroxyl groups excluding tert-OH is 2. The Morgan fingerprint density at radius 3 is 2.39 bits per heavy atom. The van der Waals surface area contributed by atoms with Gasteiger partial charge < -0.3 is 10.2 Å². The van der Waals surface area contributed by atoms with Gasteiger partial charge in [-0.25, -0.2) is 0 Å². The number of hydrogen-bond donors (Lipinski definition) is 2. The van der Waals surface area contributed by atoms with Gasteiger partial charge in [0.05, 0.1) is 23.3 Å². The lowest BCUT2D eigenvalue weighted by Crippen LogP contribution is -2.21. The fourth-order valence-electron chi connectivity index (χ4n) is 1.38. The van der Waals surface area contributed by atoms with E-state index in [1.807, 2.05) is 0 Å². The first-order valence-corrected chi connectivity index (χ1v) is 5.96. The lowest BCUT2D eigenvalue weighted by Gasteiger charge is -2.18. The van der Waals surface area contributed by atoms with Crippen molar-refractivity contribution in [2.45, 2.75) is 18.4 Å². The number of halogens is 4. The lowest BCUT2D eigenvalue weighted by molar-refractivity contribution is -0.137. The van der Waals surface area contributed by atoms with Crippen LogP contribution in [-0.2, 0) is 6.18 Å². The van der Waals surface area contributed by atoms with Gasteiger partial charge >= 0.3 is 6.18 Å². The van der Waals surface area contributed by atoms with Gasteiger partial charge in [-0.3, -0.25) is 0 Å². The van der Waals surface area contributed by atoms with Crippen LogP contribution < -0.4 is 0 Å². The molecule has 3 nitrogen and oxygen atoms in total. The molecule has 0 aliphatic heterocycles. The maximum atomic E-state index is 12.5. The van der Waals surface area contributed by atoms with Crippen LogP contribution in [0.15, 0.2) is 18.2 Å². The molecule has 98 valence electrons. The highest BCUT2D eigenvalue weighted by Crippen LogP contribution is 2.32. The van der Waals surface area contributed by atoms with Gasteiger partial charge in [0.2, 0.25) is 0 Å². The van der Waals surface area contributed by atoms with Crippen molar-refractivity contribution < 1.29 is 23.4 Å². The highest BCUT2D eigenvalue weighted by molar-refractivity contribution is 9.09. The lowest BCUT2D eigenvalue weighted by atomic mass is 9.97. The summed E-state index contributed by atoms with van der Waals surface area (Å²) in [5, 5.41) is 27.9. The van der Waals surface area contributed by atoms with Gasteiger partial charge in [-0.1, -0.05) is 15.9 Å². The molecule has 0 bridgehead atoms. The van der Waals surface area contributed by atoms with Crippen molar-refractivity contribution in [2.75, 3.05) is 5.33 Å². The summed E-state index contributed by atoms with van der Waals surface area (Å²) in [5.41, 5.74) is -1.31.